The maximum atomic E-state index is 13.0. The van der Waals surface area contributed by atoms with Gasteiger partial charge in [0, 0.05) is 30.4 Å². The van der Waals surface area contributed by atoms with E-state index < -0.39 is 10.0 Å². The van der Waals surface area contributed by atoms with Crippen molar-refractivity contribution in [3.8, 4) is 0 Å². The highest BCUT2D eigenvalue weighted by Gasteiger charge is 2.22. The summed E-state index contributed by atoms with van der Waals surface area (Å²) in [5, 5.41) is 0.590. The average Bonchev–Trinajstić information content (AvgIpc) is 3.15. The molecule has 1 aromatic carbocycles. The summed E-state index contributed by atoms with van der Waals surface area (Å²) in [6, 6.07) is 11.7. The molecule has 2 aromatic heterocycles. The first-order chi connectivity index (χ1) is 13.5. The number of aromatic amines is 1. The zero-order valence-corrected chi connectivity index (χ0v) is 16.9. The molecule has 6 nitrogen and oxygen atoms in total. The fourth-order valence-electron chi connectivity index (χ4n) is 4.03. The monoisotopic (exact) mass is 398 g/mol. The number of nitrogens with one attached hydrogen (secondary N) is 2. The number of nitrogens with zero attached hydrogens (tertiary/aromatic N) is 2. The normalized spacial score (nSPS) is 15.9. The topological polar surface area (TPSA) is 78.1 Å². The van der Waals surface area contributed by atoms with E-state index in [9.17, 15) is 8.42 Å². The third kappa shape index (κ3) is 3.91. The summed E-state index contributed by atoms with van der Waals surface area (Å²) in [5.74, 6) is 0. The molecule has 4 rings (SSSR count). The SMILES string of the molecule is CN(Cc1ccccc1NS(=O)(=O)c1c[nH]c2ncccc12)C1CCCCC1. The molecule has 1 saturated carbocycles. The van der Waals surface area contributed by atoms with E-state index >= 15 is 0 Å². The molecule has 0 spiro atoms. The quantitative estimate of drug-likeness (QED) is 0.654. The molecule has 0 unspecified atom stereocenters. The molecule has 0 bridgehead atoms. The van der Waals surface area contributed by atoms with Crippen molar-refractivity contribution in [2.24, 2.45) is 0 Å². The Morgan fingerprint density at radius 1 is 1.14 bits per heavy atom. The van der Waals surface area contributed by atoms with Crippen molar-refractivity contribution in [2.45, 2.75) is 49.6 Å². The Bertz CT molecular complexity index is 1050. The van der Waals surface area contributed by atoms with Crippen molar-refractivity contribution < 1.29 is 8.42 Å². The summed E-state index contributed by atoms with van der Waals surface area (Å²) in [5.41, 5.74) is 2.17. The Morgan fingerprint density at radius 2 is 1.93 bits per heavy atom. The first kappa shape index (κ1) is 19.0. The van der Waals surface area contributed by atoms with E-state index in [1.165, 1.54) is 38.3 Å². The number of sulfonamides is 1. The Labute approximate surface area is 166 Å². The van der Waals surface area contributed by atoms with Crippen LogP contribution < -0.4 is 4.72 Å². The van der Waals surface area contributed by atoms with Gasteiger partial charge in [0.15, 0.2) is 0 Å². The van der Waals surface area contributed by atoms with Crippen LogP contribution in [0, 0.1) is 0 Å². The lowest BCUT2D eigenvalue weighted by molar-refractivity contribution is 0.185. The van der Waals surface area contributed by atoms with Crippen molar-refractivity contribution in [3.63, 3.8) is 0 Å². The van der Waals surface area contributed by atoms with Gasteiger partial charge in [0.05, 0.1) is 5.69 Å². The minimum Gasteiger partial charge on any atom is -0.345 e. The molecule has 3 aromatic rings. The molecule has 2 N–H and O–H groups in total. The van der Waals surface area contributed by atoms with Crippen LogP contribution in [-0.4, -0.2) is 36.4 Å². The van der Waals surface area contributed by atoms with E-state index in [1.807, 2.05) is 24.3 Å². The second kappa shape index (κ2) is 7.93. The van der Waals surface area contributed by atoms with Crippen molar-refractivity contribution in [1.29, 1.82) is 0 Å². The molecule has 7 heteroatoms. The average molecular weight is 399 g/mol. The number of H-pyrrole nitrogens is 1. The van der Waals surface area contributed by atoms with E-state index in [-0.39, 0.29) is 4.90 Å². The lowest BCUT2D eigenvalue weighted by Gasteiger charge is -2.31. The van der Waals surface area contributed by atoms with Gasteiger partial charge < -0.3 is 4.98 Å². The van der Waals surface area contributed by atoms with Crippen LogP contribution in [0.15, 0.2) is 53.7 Å². The molecule has 148 valence electrons. The van der Waals surface area contributed by atoms with Crippen LogP contribution in [0.4, 0.5) is 5.69 Å². The number of para-hydroxylation sites is 1. The number of benzene rings is 1. The Hall–Kier alpha value is -2.38. The molecule has 1 fully saturated rings. The molecule has 0 aliphatic heterocycles. The maximum absolute atomic E-state index is 13.0. The molecule has 28 heavy (non-hydrogen) atoms. The van der Waals surface area contributed by atoms with Crippen molar-refractivity contribution >= 4 is 26.7 Å². The van der Waals surface area contributed by atoms with E-state index in [1.54, 1.807) is 18.3 Å². The highest BCUT2D eigenvalue weighted by molar-refractivity contribution is 7.93. The van der Waals surface area contributed by atoms with Gasteiger partial charge in [0.1, 0.15) is 10.5 Å². The van der Waals surface area contributed by atoms with Crippen LogP contribution in [-0.2, 0) is 16.6 Å². The van der Waals surface area contributed by atoms with E-state index in [0.717, 1.165) is 12.1 Å². The number of pyridine rings is 1. The van der Waals surface area contributed by atoms with Gasteiger partial charge in [-0.2, -0.15) is 0 Å². The lowest BCUT2D eigenvalue weighted by atomic mass is 9.94. The number of anilines is 1. The van der Waals surface area contributed by atoms with E-state index in [2.05, 4.69) is 26.6 Å². The zero-order valence-electron chi connectivity index (χ0n) is 16.1. The molecule has 0 saturated heterocycles. The van der Waals surface area contributed by atoms with Crippen molar-refractivity contribution in [3.05, 3.63) is 54.4 Å². The van der Waals surface area contributed by atoms with Gasteiger partial charge in [-0.15, -0.1) is 0 Å². The Morgan fingerprint density at radius 3 is 2.75 bits per heavy atom. The Kier molecular flexibility index (Phi) is 5.37. The van der Waals surface area contributed by atoms with Crippen LogP contribution in [0.1, 0.15) is 37.7 Å². The highest BCUT2D eigenvalue weighted by Crippen LogP contribution is 2.27. The van der Waals surface area contributed by atoms with Gasteiger partial charge in [0.25, 0.3) is 10.0 Å². The summed E-state index contributed by atoms with van der Waals surface area (Å²) >= 11 is 0. The van der Waals surface area contributed by atoms with Gasteiger partial charge in [-0.3, -0.25) is 9.62 Å². The third-order valence-electron chi connectivity index (χ3n) is 5.58. The second-order valence-electron chi connectivity index (χ2n) is 7.52. The Balaban J connectivity index is 1.58. The molecule has 2 heterocycles. The summed E-state index contributed by atoms with van der Waals surface area (Å²) in [4.78, 5) is 9.67. The van der Waals surface area contributed by atoms with Gasteiger partial charge in [-0.05, 0) is 43.7 Å². The maximum Gasteiger partial charge on any atom is 0.264 e. The van der Waals surface area contributed by atoms with Crippen molar-refractivity contribution in [2.75, 3.05) is 11.8 Å². The number of fused-ring (bicyclic) bond motifs is 1. The van der Waals surface area contributed by atoms with E-state index in [0.29, 0.717) is 22.8 Å². The highest BCUT2D eigenvalue weighted by atomic mass is 32.2. The second-order valence-corrected chi connectivity index (χ2v) is 9.17. The molecular weight excluding hydrogens is 372 g/mol. The molecule has 0 amide bonds. The smallest absolute Gasteiger partial charge is 0.264 e. The number of hydrogen-bond donors (Lipinski definition) is 2. The zero-order chi connectivity index (χ0) is 19.6. The molecule has 0 atom stereocenters. The molecular formula is C21H26N4O2S. The largest absolute Gasteiger partial charge is 0.345 e. The summed E-state index contributed by atoms with van der Waals surface area (Å²) in [7, 11) is -1.59. The fourth-order valence-corrected chi connectivity index (χ4v) is 5.30. The minimum atomic E-state index is -3.72. The summed E-state index contributed by atoms with van der Waals surface area (Å²) in [6.07, 6.45) is 9.44. The molecule has 1 aliphatic rings. The van der Waals surface area contributed by atoms with Crippen LogP contribution in [0.25, 0.3) is 11.0 Å². The van der Waals surface area contributed by atoms with Crippen LogP contribution in [0.2, 0.25) is 0 Å². The predicted octanol–water partition coefficient (Wildman–Crippen LogP) is 4.13. The standard InChI is InChI=1S/C21H26N4O2S/c1-25(17-9-3-2-4-10-17)15-16-8-5-6-12-19(16)24-28(26,27)20-14-23-21-18(20)11-7-13-22-21/h5-8,11-14,17,24H,2-4,9-10,15H2,1H3,(H,22,23). The van der Waals surface area contributed by atoms with E-state index in [4.69, 9.17) is 0 Å². The van der Waals surface area contributed by atoms with Gasteiger partial charge in [-0.25, -0.2) is 13.4 Å². The fraction of sp³-hybridized carbons (Fsp3) is 0.381. The summed E-state index contributed by atoms with van der Waals surface area (Å²) in [6.45, 7) is 0.721. The number of aromatic nitrogens is 2. The summed E-state index contributed by atoms with van der Waals surface area (Å²) < 4.78 is 28.9. The number of hydrogen-bond acceptors (Lipinski definition) is 4. The number of rotatable bonds is 6. The van der Waals surface area contributed by atoms with Gasteiger partial charge in [0.2, 0.25) is 0 Å². The lowest BCUT2D eigenvalue weighted by Crippen LogP contribution is -2.33. The van der Waals surface area contributed by atoms with Crippen LogP contribution in [0.3, 0.4) is 0 Å². The first-order valence-electron chi connectivity index (χ1n) is 9.78. The van der Waals surface area contributed by atoms with Gasteiger partial charge in [-0.1, -0.05) is 37.5 Å². The third-order valence-corrected chi connectivity index (χ3v) is 6.99. The van der Waals surface area contributed by atoms with Crippen LogP contribution >= 0.6 is 0 Å². The molecule has 0 radical (unpaired) electrons. The molecule has 1 aliphatic carbocycles. The van der Waals surface area contributed by atoms with Crippen LogP contribution in [0.5, 0.6) is 0 Å². The van der Waals surface area contributed by atoms with Gasteiger partial charge >= 0.3 is 0 Å². The predicted molar refractivity (Wildman–Crippen MR) is 112 cm³/mol. The minimum absolute atomic E-state index is 0.214. The first-order valence-corrected chi connectivity index (χ1v) is 11.3. The van der Waals surface area contributed by atoms with Crippen molar-refractivity contribution in [1.82, 2.24) is 14.9 Å².